The summed E-state index contributed by atoms with van der Waals surface area (Å²) in [5.74, 6) is -0.145. The number of ether oxygens (including phenoxy) is 1. The lowest BCUT2D eigenvalue weighted by Crippen LogP contribution is -2.35. The van der Waals surface area contributed by atoms with Gasteiger partial charge in [0.05, 0.1) is 12.7 Å². The Morgan fingerprint density at radius 1 is 1.50 bits per heavy atom. The van der Waals surface area contributed by atoms with Crippen LogP contribution >= 0.6 is 15.9 Å². The molecule has 18 heavy (non-hydrogen) atoms. The number of amides is 2. The molecule has 3 N–H and O–H groups in total. The van der Waals surface area contributed by atoms with Crippen molar-refractivity contribution < 1.29 is 14.3 Å². The maximum Gasteiger partial charge on any atom is 0.252 e. The van der Waals surface area contributed by atoms with Crippen LogP contribution in [0.5, 0.6) is 5.75 Å². The van der Waals surface area contributed by atoms with Crippen LogP contribution in [0.15, 0.2) is 22.7 Å². The summed E-state index contributed by atoms with van der Waals surface area (Å²) in [7, 11) is 1.53. The number of rotatable bonds is 5. The fourth-order valence-corrected chi connectivity index (χ4v) is 1.89. The zero-order valence-corrected chi connectivity index (χ0v) is 11.8. The maximum absolute atomic E-state index is 12.0. The van der Waals surface area contributed by atoms with Crippen LogP contribution in [0.1, 0.15) is 23.7 Å². The van der Waals surface area contributed by atoms with Gasteiger partial charge in [-0.05, 0) is 41.1 Å². The Kier molecular flexibility index (Phi) is 5.15. The van der Waals surface area contributed by atoms with E-state index in [2.05, 4.69) is 21.2 Å². The molecule has 0 aliphatic carbocycles. The molecule has 5 nitrogen and oxygen atoms in total. The molecule has 0 bridgehead atoms. The molecule has 0 fully saturated rings. The van der Waals surface area contributed by atoms with E-state index in [0.29, 0.717) is 15.8 Å². The van der Waals surface area contributed by atoms with Crippen LogP contribution in [-0.4, -0.2) is 25.0 Å². The summed E-state index contributed by atoms with van der Waals surface area (Å²) >= 11 is 3.29. The van der Waals surface area contributed by atoms with Gasteiger partial charge in [-0.15, -0.1) is 0 Å². The van der Waals surface area contributed by atoms with E-state index in [1.807, 2.05) is 0 Å². The molecular weight excluding hydrogens is 300 g/mol. The molecule has 1 rings (SSSR count). The SMILES string of the molecule is COc1ccc(Br)c(C(=O)NC(C)CC(N)=O)c1. The normalized spacial score (nSPS) is 11.7. The first kappa shape index (κ1) is 14.5. The quantitative estimate of drug-likeness (QED) is 0.863. The molecule has 2 amide bonds. The van der Waals surface area contributed by atoms with Crippen molar-refractivity contribution in [1.82, 2.24) is 5.32 Å². The van der Waals surface area contributed by atoms with Crippen molar-refractivity contribution in [3.05, 3.63) is 28.2 Å². The van der Waals surface area contributed by atoms with E-state index in [-0.39, 0.29) is 18.4 Å². The van der Waals surface area contributed by atoms with Crippen molar-refractivity contribution in [2.45, 2.75) is 19.4 Å². The van der Waals surface area contributed by atoms with Gasteiger partial charge in [-0.2, -0.15) is 0 Å². The summed E-state index contributed by atoms with van der Waals surface area (Å²) < 4.78 is 5.71. The van der Waals surface area contributed by atoms with Gasteiger partial charge in [-0.3, -0.25) is 9.59 Å². The van der Waals surface area contributed by atoms with E-state index in [9.17, 15) is 9.59 Å². The van der Waals surface area contributed by atoms with Crippen molar-refractivity contribution in [2.24, 2.45) is 5.73 Å². The molecule has 98 valence electrons. The number of hydrogen-bond donors (Lipinski definition) is 2. The lowest BCUT2D eigenvalue weighted by molar-refractivity contribution is -0.118. The average molecular weight is 315 g/mol. The lowest BCUT2D eigenvalue weighted by Gasteiger charge is -2.13. The highest BCUT2D eigenvalue weighted by Gasteiger charge is 2.15. The van der Waals surface area contributed by atoms with Crippen molar-refractivity contribution in [2.75, 3.05) is 7.11 Å². The molecule has 1 aromatic carbocycles. The molecule has 0 radical (unpaired) electrons. The fourth-order valence-electron chi connectivity index (χ4n) is 1.46. The van der Waals surface area contributed by atoms with E-state index in [1.54, 1.807) is 25.1 Å². The van der Waals surface area contributed by atoms with Crippen LogP contribution in [0, 0.1) is 0 Å². The van der Waals surface area contributed by atoms with Gasteiger partial charge in [0.15, 0.2) is 0 Å². The summed E-state index contributed by atoms with van der Waals surface area (Å²) in [6.45, 7) is 1.72. The molecule has 0 aromatic heterocycles. The summed E-state index contributed by atoms with van der Waals surface area (Å²) in [6.07, 6.45) is 0.104. The lowest BCUT2D eigenvalue weighted by atomic mass is 10.1. The van der Waals surface area contributed by atoms with E-state index in [1.165, 1.54) is 7.11 Å². The van der Waals surface area contributed by atoms with Crippen molar-refractivity contribution >= 4 is 27.7 Å². The molecule has 1 unspecified atom stereocenters. The van der Waals surface area contributed by atoms with Crippen LogP contribution in [0.25, 0.3) is 0 Å². The van der Waals surface area contributed by atoms with Gasteiger partial charge in [0.25, 0.3) is 5.91 Å². The number of methoxy groups -OCH3 is 1. The van der Waals surface area contributed by atoms with E-state index in [0.717, 1.165) is 0 Å². The van der Waals surface area contributed by atoms with Gasteiger partial charge in [-0.25, -0.2) is 0 Å². The minimum absolute atomic E-state index is 0.104. The Balaban J connectivity index is 2.80. The smallest absolute Gasteiger partial charge is 0.252 e. The van der Waals surface area contributed by atoms with Crippen molar-refractivity contribution in [3.8, 4) is 5.75 Å². The first-order valence-corrected chi connectivity index (χ1v) is 6.16. The monoisotopic (exact) mass is 314 g/mol. The first-order chi connectivity index (χ1) is 8.43. The molecule has 0 aliphatic rings. The molecule has 1 atom stereocenters. The average Bonchev–Trinajstić information content (AvgIpc) is 2.28. The zero-order chi connectivity index (χ0) is 13.7. The van der Waals surface area contributed by atoms with Gasteiger partial charge in [0.2, 0.25) is 5.91 Å². The fraction of sp³-hybridized carbons (Fsp3) is 0.333. The van der Waals surface area contributed by atoms with Gasteiger partial charge < -0.3 is 15.8 Å². The third kappa shape index (κ3) is 4.03. The van der Waals surface area contributed by atoms with Crippen LogP contribution < -0.4 is 15.8 Å². The Bertz CT molecular complexity index is 463. The predicted molar refractivity (Wildman–Crippen MR) is 71.4 cm³/mol. The molecule has 0 saturated carbocycles. The predicted octanol–water partition coefficient (Wildman–Crippen LogP) is 1.45. The summed E-state index contributed by atoms with van der Waals surface area (Å²) in [5, 5.41) is 2.69. The van der Waals surface area contributed by atoms with Crippen LogP contribution in [0.3, 0.4) is 0 Å². The highest BCUT2D eigenvalue weighted by atomic mass is 79.9. The second-order valence-electron chi connectivity index (χ2n) is 3.89. The maximum atomic E-state index is 12.0. The van der Waals surface area contributed by atoms with E-state index < -0.39 is 5.91 Å². The number of carbonyl (C=O) groups excluding carboxylic acids is 2. The number of nitrogens with one attached hydrogen (secondary N) is 1. The van der Waals surface area contributed by atoms with Crippen LogP contribution in [0.2, 0.25) is 0 Å². The minimum Gasteiger partial charge on any atom is -0.497 e. The molecule has 0 aliphatic heterocycles. The third-order valence-corrected chi connectivity index (χ3v) is 2.99. The number of halogens is 1. The Hall–Kier alpha value is -1.56. The Labute approximate surface area is 114 Å². The molecular formula is C12H15BrN2O3. The third-order valence-electron chi connectivity index (χ3n) is 2.30. The molecule has 6 heteroatoms. The van der Waals surface area contributed by atoms with E-state index in [4.69, 9.17) is 10.5 Å². The number of benzene rings is 1. The van der Waals surface area contributed by atoms with E-state index >= 15 is 0 Å². The number of primary amides is 1. The largest absolute Gasteiger partial charge is 0.497 e. The van der Waals surface area contributed by atoms with Gasteiger partial charge in [0.1, 0.15) is 5.75 Å². The zero-order valence-electron chi connectivity index (χ0n) is 10.2. The topological polar surface area (TPSA) is 81.4 Å². The standard InChI is InChI=1S/C12H15BrN2O3/c1-7(5-11(14)16)15-12(17)9-6-8(18-2)3-4-10(9)13/h3-4,6-7H,5H2,1-2H3,(H2,14,16)(H,15,17). The molecule has 0 heterocycles. The number of carbonyl (C=O) groups is 2. The van der Waals surface area contributed by atoms with Crippen molar-refractivity contribution in [3.63, 3.8) is 0 Å². The Morgan fingerprint density at radius 2 is 2.17 bits per heavy atom. The minimum atomic E-state index is -0.451. The van der Waals surface area contributed by atoms with Gasteiger partial charge >= 0.3 is 0 Å². The van der Waals surface area contributed by atoms with Crippen LogP contribution in [0.4, 0.5) is 0 Å². The number of hydrogen-bond acceptors (Lipinski definition) is 3. The highest BCUT2D eigenvalue weighted by molar-refractivity contribution is 9.10. The molecule has 1 aromatic rings. The van der Waals surface area contributed by atoms with Gasteiger partial charge in [-0.1, -0.05) is 0 Å². The van der Waals surface area contributed by atoms with Crippen molar-refractivity contribution in [1.29, 1.82) is 0 Å². The Morgan fingerprint density at radius 3 is 2.72 bits per heavy atom. The summed E-state index contributed by atoms with van der Waals surface area (Å²) in [6, 6.07) is 4.78. The van der Waals surface area contributed by atoms with Gasteiger partial charge in [0, 0.05) is 16.9 Å². The molecule has 0 spiro atoms. The second kappa shape index (κ2) is 6.39. The highest BCUT2D eigenvalue weighted by Crippen LogP contribution is 2.22. The molecule has 0 saturated heterocycles. The second-order valence-corrected chi connectivity index (χ2v) is 4.75. The number of nitrogens with two attached hydrogens (primary N) is 1. The van der Waals surface area contributed by atoms with Crippen LogP contribution in [-0.2, 0) is 4.79 Å². The first-order valence-electron chi connectivity index (χ1n) is 5.36. The summed E-state index contributed by atoms with van der Waals surface area (Å²) in [5.41, 5.74) is 5.51. The summed E-state index contributed by atoms with van der Waals surface area (Å²) in [4.78, 5) is 22.7.